The maximum absolute atomic E-state index is 2.56. The smallest absolute Gasteiger partial charge is 0.0540 e. The Morgan fingerprint density at radius 1 is 0.439 bits per heavy atom. The first kappa shape index (κ1) is 38.7. The van der Waals surface area contributed by atoms with Gasteiger partial charge in [-0.3, -0.25) is 0 Å². The van der Waals surface area contributed by atoms with Crippen LogP contribution in [0.1, 0.15) is 30.9 Å². The molecule has 2 aromatic heterocycles. The first-order valence-electron chi connectivity index (χ1n) is 23.1. The van der Waals surface area contributed by atoms with Gasteiger partial charge in [-0.25, -0.2) is 0 Å². The molecular weight excluding hydrogens is 817 g/mol. The highest BCUT2D eigenvalue weighted by Gasteiger charge is 2.45. The maximum atomic E-state index is 2.56. The molecular formula is C63H46N2S. The Balaban J connectivity index is 0.922. The van der Waals surface area contributed by atoms with Gasteiger partial charge in [0.2, 0.25) is 0 Å². The van der Waals surface area contributed by atoms with E-state index >= 15 is 0 Å². The van der Waals surface area contributed by atoms with Gasteiger partial charge in [0.05, 0.1) is 11.0 Å². The predicted octanol–water partition coefficient (Wildman–Crippen LogP) is 17.7. The Labute approximate surface area is 389 Å². The lowest BCUT2D eigenvalue weighted by Crippen LogP contribution is -2.26. The van der Waals surface area contributed by atoms with E-state index in [-0.39, 0.29) is 5.41 Å². The monoisotopic (exact) mass is 862 g/mol. The van der Waals surface area contributed by atoms with Gasteiger partial charge in [-0.05, 0) is 135 Å². The number of anilines is 3. The third kappa shape index (κ3) is 6.22. The Kier molecular flexibility index (Phi) is 8.91. The first-order valence-corrected chi connectivity index (χ1v) is 23.9. The standard InChI is InChI=1S/C63H46N2S/c1-63(2)57-38-48(29-32-51(57)52-33-30-49(39-58(52)63)65-59-22-12-9-19-53(59)54-20-10-13-23-60(54)65)64(50-31-34-56-55-21-11-14-24-61(55)66-62(56)40-50)47-27-25-43(26-28-47)46-36-44(41-15-5-3-6-16-41)35-45(37-46)42-17-7-4-8-18-42/h3-40,52,58H,1-2H3. The van der Waals surface area contributed by atoms with Crippen molar-refractivity contribution in [3.63, 3.8) is 0 Å². The molecule has 0 saturated carbocycles. The minimum absolute atomic E-state index is 0.115. The van der Waals surface area contributed by atoms with Crippen LogP contribution in [0.5, 0.6) is 0 Å². The molecule has 2 heterocycles. The van der Waals surface area contributed by atoms with Gasteiger partial charge in [0.1, 0.15) is 0 Å². The molecule has 0 N–H and O–H groups in total. The first-order chi connectivity index (χ1) is 32.5. The van der Waals surface area contributed by atoms with Gasteiger partial charge >= 0.3 is 0 Å². The number of para-hydroxylation sites is 2. The van der Waals surface area contributed by atoms with Crippen LogP contribution in [0.15, 0.2) is 231 Å². The lowest BCUT2D eigenvalue weighted by Gasteiger charge is -2.32. The third-order valence-electron chi connectivity index (χ3n) is 14.5. The van der Waals surface area contributed by atoms with Crippen LogP contribution < -0.4 is 4.90 Å². The lowest BCUT2D eigenvalue weighted by molar-refractivity contribution is 0.395. The average Bonchev–Trinajstić information content (AvgIpc) is 3.99. The highest BCUT2D eigenvalue weighted by Crippen LogP contribution is 2.56. The van der Waals surface area contributed by atoms with Crippen LogP contribution in [-0.4, -0.2) is 4.57 Å². The number of aromatic nitrogens is 1. The minimum atomic E-state index is -0.115. The number of fused-ring (bicyclic) bond motifs is 9. The summed E-state index contributed by atoms with van der Waals surface area (Å²) in [4.78, 5) is 2.47. The van der Waals surface area contributed by atoms with Gasteiger partial charge in [-0.1, -0.05) is 166 Å². The van der Waals surface area contributed by atoms with E-state index in [2.05, 4.69) is 254 Å². The Bertz CT molecular complexity index is 3630. The summed E-state index contributed by atoms with van der Waals surface area (Å²) in [5.41, 5.74) is 17.1. The molecule has 0 saturated heterocycles. The maximum Gasteiger partial charge on any atom is 0.0540 e. The molecule has 9 aromatic carbocycles. The van der Waals surface area contributed by atoms with Crippen molar-refractivity contribution in [2.45, 2.75) is 25.2 Å². The minimum Gasteiger partial charge on any atom is -0.310 e. The predicted molar refractivity (Wildman–Crippen MR) is 282 cm³/mol. The van der Waals surface area contributed by atoms with Gasteiger partial charge in [0.15, 0.2) is 0 Å². The van der Waals surface area contributed by atoms with Gasteiger partial charge in [0.25, 0.3) is 0 Å². The molecule has 2 unspecified atom stereocenters. The quantitative estimate of drug-likeness (QED) is 0.155. The third-order valence-corrected chi connectivity index (χ3v) is 15.6. The number of rotatable bonds is 7. The zero-order chi connectivity index (χ0) is 43.9. The zero-order valence-electron chi connectivity index (χ0n) is 36.9. The molecule has 314 valence electrons. The summed E-state index contributed by atoms with van der Waals surface area (Å²) in [6.45, 7) is 4.91. The van der Waals surface area contributed by atoms with Gasteiger partial charge in [-0.2, -0.15) is 0 Å². The van der Waals surface area contributed by atoms with E-state index in [4.69, 9.17) is 0 Å². The fraction of sp³-hybridized carbons (Fsp3) is 0.0794. The largest absolute Gasteiger partial charge is 0.310 e. The molecule has 0 fully saturated rings. The van der Waals surface area contributed by atoms with Crippen LogP contribution in [0.25, 0.3) is 81.1 Å². The number of nitrogens with zero attached hydrogens (tertiary/aromatic N) is 2. The SMILES string of the molecule is CC1(C)c2cc(N(c3ccc(-c4cc(-c5ccccc5)cc(-c5ccccc5)c4)cc3)c3ccc4c(c3)sc3ccccc34)ccc2C2C=CC(n3c4ccccc4c4ccccc43)=CC21. The van der Waals surface area contributed by atoms with E-state index in [1.807, 2.05) is 11.3 Å². The van der Waals surface area contributed by atoms with Crippen LogP contribution in [0.2, 0.25) is 0 Å². The van der Waals surface area contributed by atoms with Crippen LogP contribution in [-0.2, 0) is 5.41 Å². The molecule has 11 aromatic rings. The summed E-state index contributed by atoms with van der Waals surface area (Å²) < 4.78 is 5.08. The van der Waals surface area contributed by atoms with Crippen molar-refractivity contribution in [2.75, 3.05) is 4.90 Å². The molecule has 0 amide bonds. The number of hydrogen-bond acceptors (Lipinski definition) is 2. The molecule has 2 nitrogen and oxygen atoms in total. The van der Waals surface area contributed by atoms with Crippen LogP contribution in [0.3, 0.4) is 0 Å². The van der Waals surface area contributed by atoms with Crippen molar-refractivity contribution in [1.29, 1.82) is 0 Å². The van der Waals surface area contributed by atoms with E-state index in [0.29, 0.717) is 11.8 Å². The molecule has 2 aliphatic rings. The van der Waals surface area contributed by atoms with Gasteiger partial charge in [-0.15, -0.1) is 11.3 Å². The Hall–Kier alpha value is -7.72. The fourth-order valence-corrected chi connectivity index (χ4v) is 12.3. The fourth-order valence-electron chi connectivity index (χ4n) is 11.2. The average molecular weight is 863 g/mol. The normalized spacial score (nSPS) is 16.2. The zero-order valence-corrected chi connectivity index (χ0v) is 37.7. The number of benzene rings is 9. The van der Waals surface area contributed by atoms with Crippen molar-refractivity contribution in [3.8, 4) is 33.4 Å². The second-order valence-corrected chi connectivity index (χ2v) is 19.6. The van der Waals surface area contributed by atoms with E-state index in [1.165, 1.54) is 97.9 Å². The highest BCUT2D eigenvalue weighted by molar-refractivity contribution is 7.25. The molecule has 0 spiro atoms. The van der Waals surface area contributed by atoms with Crippen LogP contribution >= 0.6 is 11.3 Å². The Morgan fingerprint density at radius 2 is 0.955 bits per heavy atom. The number of thiophene rings is 1. The van der Waals surface area contributed by atoms with E-state index in [0.717, 1.165) is 11.4 Å². The summed E-state index contributed by atoms with van der Waals surface area (Å²) in [6, 6.07) is 78.4. The second-order valence-electron chi connectivity index (χ2n) is 18.6. The van der Waals surface area contributed by atoms with Crippen molar-refractivity contribution < 1.29 is 0 Å². The lowest BCUT2D eigenvalue weighted by atomic mass is 9.74. The molecule has 2 aliphatic carbocycles. The van der Waals surface area contributed by atoms with Crippen LogP contribution in [0, 0.1) is 5.92 Å². The van der Waals surface area contributed by atoms with Crippen molar-refractivity contribution >= 4 is 76.1 Å². The van der Waals surface area contributed by atoms with Crippen molar-refractivity contribution in [1.82, 2.24) is 4.57 Å². The molecule has 0 bridgehead atoms. The highest BCUT2D eigenvalue weighted by atomic mass is 32.1. The summed E-state index contributed by atoms with van der Waals surface area (Å²) in [7, 11) is 0. The van der Waals surface area contributed by atoms with Crippen molar-refractivity contribution in [2.24, 2.45) is 5.92 Å². The summed E-state index contributed by atoms with van der Waals surface area (Å²) >= 11 is 1.87. The van der Waals surface area contributed by atoms with Gasteiger partial charge < -0.3 is 9.47 Å². The number of allylic oxidation sites excluding steroid dienone is 4. The topological polar surface area (TPSA) is 8.17 Å². The van der Waals surface area contributed by atoms with Gasteiger partial charge in [0, 0.05) is 59.6 Å². The molecule has 0 aliphatic heterocycles. The number of hydrogen-bond donors (Lipinski definition) is 0. The Morgan fingerprint density at radius 3 is 1.61 bits per heavy atom. The molecule has 0 radical (unpaired) electrons. The summed E-state index contributed by atoms with van der Waals surface area (Å²) in [5, 5.41) is 5.21. The molecule has 13 rings (SSSR count). The van der Waals surface area contributed by atoms with Crippen molar-refractivity contribution in [3.05, 3.63) is 242 Å². The molecule has 2 atom stereocenters. The molecule has 3 heteroatoms. The summed E-state index contributed by atoms with van der Waals surface area (Å²) in [5.74, 6) is 0.605. The van der Waals surface area contributed by atoms with E-state index < -0.39 is 0 Å². The summed E-state index contributed by atoms with van der Waals surface area (Å²) in [6.07, 6.45) is 7.40. The van der Waals surface area contributed by atoms with Crippen LogP contribution in [0.4, 0.5) is 17.1 Å². The second kappa shape index (κ2) is 15.2. The molecule has 66 heavy (non-hydrogen) atoms. The van der Waals surface area contributed by atoms with E-state index in [9.17, 15) is 0 Å². The van der Waals surface area contributed by atoms with E-state index in [1.54, 1.807) is 0 Å².